The number of aromatic nitrogens is 5. The maximum atomic E-state index is 6.33. The van der Waals surface area contributed by atoms with Gasteiger partial charge in [-0.3, -0.25) is 0 Å². The van der Waals surface area contributed by atoms with Crippen molar-refractivity contribution < 1.29 is 4.42 Å². The molecule has 0 fully saturated rings. The Hall–Kier alpha value is -8.61. The smallest absolute Gasteiger partial charge is 0.166 e. The molecule has 0 aliphatic heterocycles. The minimum absolute atomic E-state index is 0.572. The van der Waals surface area contributed by atoms with Crippen molar-refractivity contribution in [3.8, 4) is 56.7 Å². The Morgan fingerprint density at radius 1 is 0.317 bits per heavy atom. The van der Waals surface area contributed by atoms with Crippen LogP contribution in [-0.4, -0.2) is 24.1 Å². The lowest BCUT2D eigenvalue weighted by molar-refractivity contribution is 0.669. The van der Waals surface area contributed by atoms with Crippen LogP contribution in [0.2, 0.25) is 0 Å². The molecule has 6 nitrogen and oxygen atoms in total. The highest BCUT2D eigenvalue weighted by molar-refractivity contribution is 6.22. The largest absolute Gasteiger partial charge is 0.456 e. The number of hydrogen-bond acceptors (Lipinski definition) is 4. The van der Waals surface area contributed by atoms with Crippen LogP contribution in [0.15, 0.2) is 217 Å². The van der Waals surface area contributed by atoms with Crippen LogP contribution in [0.25, 0.3) is 122 Å². The average Bonchev–Trinajstić information content (AvgIpc) is 4.02. The van der Waals surface area contributed by atoms with Crippen molar-refractivity contribution in [2.24, 2.45) is 0 Å². The summed E-state index contributed by atoms with van der Waals surface area (Å²) in [6.45, 7) is 0. The van der Waals surface area contributed by atoms with Crippen molar-refractivity contribution in [3.63, 3.8) is 0 Å². The third-order valence-corrected chi connectivity index (χ3v) is 12.4. The Morgan fingerprint density at radius 3 is 1.56 bits per heavy atom. The molecule has 13 aromatic rings. The van der Waals surface area contributed by atoms with Crippen molar-refractivity contribution in [2.75, 3.05) is 0 Å². The summed E-state index contributed by atoms with van der Waals surface area (Å²) in [4.78, 5) is 15.6. The first-order chi connectivity index (χ1) is 31.3. The second-order valence-electron chi connectivity index (χ2n) is 15.9. The highest BCUT2D eigenvalue weighted by Crippen LogP contribution is 2.45. The molecule has 294 valence electrons. The zero-order chi connectivity index (χ0) is 41.4. The molecular formula is C57H35N5O. The highest BCUT2D eigenvalue weighted by Gasteiger charge is 2.23. The van der Waals surface area contributed by atoms with Gasteiger partial charge in [-0.05, 0) is 77.9 Å². The van der Waals surface area contributed by atoms with E-state index in [1.54, 1.807) is 0 Å². The topological polar surface area (TPSA) is 61.7 Å². The number of benzene rings is 9. The van der Waals surface area contributed by atoms with E-state index in [2.05, 4.69) is 167 Å². The SMILES string of the molecule is c1ccc(-c2nc(-c3ccc4c(c3)oc3ccccc34)nc(-c3ccccc3-n3c4ccccc4c4c(-c5cccc6c5c5ccccc5n6-c5ccccc5)cccc43)n2)cc1. The van der Waals surface area contributed by atoms with E-state index in [-0.39, 0.29) is 0 Å². The van der Waals surface area contributed by atoms with Crippen LogP contribution in [0.1, 0.15) is 0 Å². The van der Waals surface area contributed by atoms with Crippen molar-refractivity contribution in [1.82, 2.24) is 24.1 Å². The Kier molecular flexibility index (Phi) is 7.80. The maximum Gasteiger partial charge on any atom is 0.166 e. The molecule has 0 radical (unpaired) electrons. The fourth-order valence-corrected chi connectivity index (χ4v) is 9.67. The van der Waals surface area contributed by atoms with Gasteiger partial charge in [-0.2, -0.15) is 0 Å². The summed E-state index contributed by atoms with van der Waals surface area (Å²) in [6, 6.07) is 74.5. The molecule has 9 aromatic carbocycles. The molecule has 63 heavy (non-hydrogen) atoms. The first kappa shape index (κ1) is 35.2. The third-order valence-electron chi connectivity index (χ3n) is 12.4. The molecule has 0 spiro atoms. The van der Waals surface area contributed by atoms with Crippen LogP contribution in [0.3, 0.4) is 0 Å². The third kappa shape index (κ3) is 5.48. The van der Waals surface area contributed by atoms with Gasteiger partial charge in [0.05, 0.1) is 27.8 Å². The van der Waals surface area contributed by atoms with Crippen LogP contribution < -0.4 is 0 Å². The van der Waals surface area contributed by atoms with Crippen LogP contribution >= 0.6 is 0 Å². The molecule has 4 heterocycles. The van der Waals surface area contributed by atoms with E-state index in [4.69, 9.17) is 19.4 Å². The standard InChI is InChI=1S/C57H35N5O/c1-3-17-36(18-4-1)55-58-56(37-33-34-40-39-21-10-14-32-51(39)63-52(40)35-37)60-57(59-55)45-24-9-13-29-48(45)62-47-28-12-8-23-44(47)54-42(26-16-31-50(54)62)41-25-15-30-49-53(41)43-22-7-11-27-46(43)61(49)38-19-5-2-6-20-38/h1-35H. The molecule has 0 aliphatic carbocycles. The molecule has 4 aromatic heterocycles. The minimum Gasteiger partial charge on any atom is -0.456 e. The fraction of sp³-hybridized carbons (Fsp3) is 0. The van der Waals surface area contributed by atoms with Crippen LogP contribution in [0, 0.1) is 0 Å². The number of hydrogen-bond donors (Lipinski definition) is 0. The summed E-state index contributed by atoms with van der Waals surface area (Å²) < 4.78 is 11.1. The number of fused-ring (bicyclic) bond motifs is 9. The van der Waals surface area contributed by atoms with Crippen molar-refractivity contribution in [3.05, 3.63) is 212 Å². The van der Waals surface area contributed by atoms with E-state index >= 15 is 0 Å². The van der Waals surface area contributed by atoms with E-state index < -0.39 is 0 Å². The second-order valence-corrected chi connectivity index (χ2v) is 15.9. The van der Waals surface area contributed by atoms with Gasteiger partial charge in [0.2, 0.25) is 0 Å². The van der Waals surface area contributed by atoms with Gasteiger partial charge >= 0.3 is 0 Å². The number of furan rings is 1. The summed E-state index contributed by atoms with van der Waals surface area (Å²) in [6.07, 6.45) is 0. The average molecular weight is 806 g/mol. The summed E-state index contributed by atoms with van der Waals surface area (Å²) in [5.74, 6) is 1.75. The molecule has 0 atom stereocenters. The lowest BCUT2D eigenvalue weighted by Gasteiger charge is -2.15. The summed E-state index contributed by atoms with van der Waals surface area (Å²) >= 11 is 0. The van der Waals surface area contributed by atoms with E-state index in [1.807, 2.05) is 54.6 Å². The van der Waals surface area contributed by atoms with Gasteiger partial charge in [-0.25, -0.2) is 15.0 Å². The Bertz CT molecular complexity index is 3920. The minimum atomic E-state index is 0.572. The van der Waals surface area contributed by atoms with Gasteiger partial charge in [-0.1, -0.05) is 146 Å². The molecule has 0 aliphatic rings. The molecule has 0 N–H and O–H groups in total. The van der Waals surface area contributed by atoms with Gasteiger partial charge < -0.3 is 13.6 Å². The quantitative estimate of drug-likeness (QED) is 0.168. The maximum absolute atomic E-state index is 6.33. The number of rotatable bonds is 6. The zero-order valence-electron chi connectivity index (χ0n) is 33.9. The molecule has 0 saturated heterocycles. The lowest BCUT2D eigenvalue weighted by atomic mass is 9.95. The first-order valence-corrected chi connectivity index (χ1v) is 21.2. The second kappa shape index (κ2) is 14.0. The van der Waals surface area contributed by atoms with E-state index in [0.717, 1.165) is 61.0 Å². The highest BCUT2D eigenvalue weighted by atomic mass is 16.3. The van der Waals surface area contributed by atoms with Gasteiger partial charge in [0, 0.05) is 54.7 Å². The Balaban J connectivity index is 1.04. The van der Waals surface area contributed by atoms with Crippen LogP contribution in [-0.2, 0) is 0 Å². The zero-order valence-corrected chi connectivity index (χ0v) is 33.9. The molecular weight excluding hydrogens is 771 g/mol. The van der Waals surface area contributed by atoms with Gasteiger partial charge in [0.25, 0.3) is 0 Å². The van der Waals surface area contributed by atoms with E-state index in [0.29, 0.717) is 17.5 Å². The van der Waals surface area contributed by atoms with E-state index in [9.17, 15) is 0 Å². The Labute approximate surface area is 361 Å². The van der Waals surface area contributed by atoms with Crippen molar-refractivity contribution in [1.29, 1.82) is 0 Å². The normalized spacial score (nSPS) is 11.8. The molecule has 0 bridgehead atoms. The fourth-order valence-electron chi connectivity index (χ4n) is 9.67. The van der Waals surface area contributed by atoms with Crippen LogP contribution in [0.4, 0.5) is 0 Å². The summed E-state index contributed by atoms with van der Waals surface area (Å²) in [7, 11) is 0. The lowest BCUT2D eigenvalue weighted by Crippen LogP contribution is -2.03. The van der Waals surface area contributed by atoms with Crippen LogP contribution in [0.5, 0.6) is 0 Å². The van der Waals surface area contributed by atoms with Crippen molar-refractivity contribution in [2.45, 2.75) is 0 Å². The van der Waals surface area contributed by atoms with E-state index in [1.165, 1.54) is 43.7 Å². The van der Waals surface area contributed by atoms with Gasteiger partial charge in [0.15, 0.2) is 17.5 Å². The molecule has 6 heteroatoms. The predicted octanol–water partition coefficient (Wildman–Crippen LogP) is 14.6. The molecule has 0 unspecified atom stereocenters. The molecule has 13 rings (SSSR count). The number of para-hydroxylation sites is 5. The molecule has 0 amide bonds. The Morgan fingerprint density at radius 2 is 0.825 bits per heavy atom. The summed E-state index contributed by atoms with van der Waals surface area (Å²) in [5.41, 5.74) is 13.3. The summed E-state index contributed by atoms with van der Waals surface area (Å²) in [5, 5.41) is 6.95. The van der Waals surface area contributed by atoms with Gasteiger partial charge in [0.1, 0.15) is 11.2 Å². The van der Waals surface area contributed by atoms with Gasteiger partial charge in [-0.15, -0.1) is 0 Å². The predicted molar refractivity (Wildman–Crippen MR) is 258 cm³/mol. The number of nitrogens with zero attached hydrogens (tertiary/aromatic N) is 5. The molecule has 0 saturated carbocycles. The van der Waals surface area contributed by atoms with Crippen molar-refractivity contribution >= 4 is 65.6 Å². The monoisotopic (exact) mass is 805 g/mol. The first-order valence-electron chi connectivity index (χ1n) is 21.2.